The van der Waals surface area contributed by atoms with Gasteiger partial charge in [0.25, 0.3) is 0 Å². The Bertz CT molecular complexity index is 1030. The van der Waals surface area contributed by atoms with Crippen molar-refractivity contribution in [1.29, 1.82) is 0 Å². The summed E-state index contributed by atoms with van der Waals surface area (Å²) in [5, 5.41) is 19.9. The molecule has 0 spiro atoms. The maximum absolute atomic E-state index is 11.7. The van der Waals surface area contributed by atoms with E-state index in [4.69, 9.17) is 0 Å². The Labute approximate surface area is 150 Å². The number of hydrogen-bond donors (Lipinski definition) is 2. The van der Waals surface area contributed by atoms with Gasteiger partial charge in [0.05, 0.1) is 11.1 Å². The van der Waals surface area contributed by atoms with Crippen molar-refractivity contribution in [2.24, 2.45) is 0 Å². The van der Waals surface area contributed by atoms with Gasteiger partial charge in [-0.1, -0.05) is 24.3 Å². The van der Waals surface area contributed by atoms with Gasteiger partial charge in [0.2, 0.25) is 0 Å². The second kappa shape index (κ2) is 6.33. The lowest BCUT2D eigenvalue weighted by molar-refractivity contribution is 0.0686. The largest absolute Gasteiger partial charge is 0.478 e. The first kappa shape index (κ1) is 16.4. The van der Waals surface area contributed by atoms with E-state index in [1.807, 2.05) is 18.2 Å². The molecule has 1 aliphatic carbocycles. The van der Waals surface area contributed by atoms with Crippen molar-refractivity contribution in [1.82, 2.24) is 4.57 Å². The first-order valence-electron chi connectivity index (χ1n) is 8.75. The molecule has 1 aromatic heterocycles. The van der Waals surface area contributed by atoms with E-state index in [2.05, 4.69) is 4.57 Å². The Morgan fingerprint density at radius 2 is 1.58 bits per heavy atom. The van der Waals surface area contributed by atoms with Crippen LogP contribution in [0.4, 0.5) is 0 Å². The highest BCUT2D eigenvalue weighted by Gasteiger charge is 2.24. The summed E-state index contributed by atoms with van der Waals surface area (Å²) in [5.41, 5.74) is 4.46. The van der Waals surface area contributed by atoms with E-state index in [-0.39, 0.29) is 5.56 Å². The number of benzene rings is 2. The average molecular weight is 349 g/mol. The molecule has 0 fully saturated rings. The highest BCUT2D eigenvalue weighted by atomic mass is 16.4. The SMILES string of the molecule is O=C(O)c1ccccc1Cn1c2c(c3c(C(=O)O)cccc31)CCCC2. The zero-order valence-corrected chi connectivity index (χ0v) is 14.2. The molecule has 26 heavy (non-hydrogen) atoms. The summed E-state index contributed by atoms with van der Waals surface area (Å²) in [6, 6.07) is 12.3. The fraction of sp³-hybridized carbons (Fsp3) is 0.238. The maximum Gasteiger partial charge on any atom is 0.336 e. The third-order valence-electron chi connectivity index (χ3n) is 5.21. The molecule has 5 heteroatoms. The Balaban J connectivity index is 1.95. The van der Waals surface area contributed by atoms with Gasteiger partial charge >= 0.3 is 11.9 Å². The van der Waals surface area contributed by atoms with Crippen molar-refractivity contribution in [2.75, 3.05) is 0 Å². The molecule has 3 aromatic rings. The number of aromatic carboxylic acids is 2. The minimum atomic E-state index is -0.947. The molecule has 4 rings (SSSR count). The Morgan fingerprint density at radius 1 is 0.885 bits per heavy atom. The van der Waals surface area contributed by atoms with Crippen molar-refractivity contribution < 1.29 is 19.8 Å². The van der Waals surface area contributed by atoms with Gasteiger partial charge in [-0.15, -0.1) is 0 Å². The summed E-state index contributed by atoms with van der Waals surface area (Å²) < 4.78 is 2.11. The smallest absolute Gasteiger partial charge is 0.336 e. The van der Waals surface area contributed by atoms with Gasteiger partial charge in [0.15, 0.2) is 0 Å². The number of rotatable bonds is 4. The van der Waals surface area contributed by atoms with Crippen LogP contribution in [0.5, 0.6) is 0 Å². The number of hydrogen-bond acceptors (Lipinski definition) is 2. The minimum absolute atomic E-state index is 0.285. The van der Waals surface area contributed by atoms with Crippen LogP contribution < -0.4 is 0 Å². The van der Waals surface area contributed by atoms with Crippen molar-refractivity contribution in [3.8, 4) is 0 Å². The predicted molar refractivity (Wildman–Crippen MR) is 98.0 cm³/mol. The van der Waals surface area contributed by atoms with Crippen molar-refractivity contribution >= 4 is 22.8 Å². The van der Waals surface area contributed by atoms with Crippen LogP contribution in [-0.4, -0.2) is 26.7 Å². The summed E-state index contributed by atoms with van der Waals surface area (Å²) in [6.45, 7) is 0.428. The number of carboxylic acid groups (broad SMARTS) is 2. The topological polar surface area (TPSA) is 79.5 Å². The van der Waals surface area contributed by atoms with Gasteiger partial charge in [-0.3, -0.25) is 0 Å². The zero-order chi connectivity index (χ0) is 18.3. The second-order valence-electron chi connectivity index (χ2n) is 6.69. The predicted octanol–water partition coefficient (Wildman–Crippen LogP) is 3.96. The molecular weight excluding hydrogens is 330 g/mol. The van der Waals surface area contributed by atoms with Gasteiger partial charge < -0.3 is 14.8 Å². The van der Waals surface area contributed by atoms with Crippen LogP contribution in [0.15, 0.2) is 42.5 Å². The highest BCUT2D eigenvalue weighted by molar-refractivity contribution is 6.05. The summed E-state index contributed by atoms with van der Waals surface area (Å²) in [6.07, 6.45) is 3.86. The maximum atomic E-state index is 11.7. The minimum Gasteiger partial charge on any atom is -0.478 e. The molecule has 0 unspecified atom stereocenters. The van der Waals surface area contributed by atoms with E-state index in [1.165, 1.54) is 0 Å². The lowest BCUT2D eigenvalue weighted by Crippen LogP contribution is -2.11. The summed E-state index contributed by atoms with van der Waals surface area (Å²) in [5.74, 6) is -1.87. The average Bonchev–Trinajstić information content (AvgIpc) is 2.96. The molecule has 5 nitrogen and oxygen atoms in total. The van der Waals surface area contributed by atoms with Crippen LogP contribution in [-0.2, 0) is 19.4 Å². The third-order valence-corrected chi connectivity index (χ3v) is 5.21. The lowest BCUT2D eigenvalue weighted by Gasteiger charge is -2.17. The number of carboxylic acids is 2. The molecule has 0 saturated heterocycles. The molecule has 0 saturated carbocycles. The fourth-order valence-electron chi connectivity index (χ4n) is 4.08. The molecule has 2 aromatic carbocycles. The molecule has 0 amide bonds. The van der Waals surface area contributed by atoms with Gasteiger partial charge in [-0.25, -0.2) is 9.59 Å². The molecule has 132 valence electrons. The number of fused-ring (bicyclic) bond motifs is 3. The van der Waals surface area contributed by atoms with Crippen LogP contribution in [0.2, 0.25) is 0 Å². The molecule has 2 N–H and O–H groups in total. The molecule has 0 aliphatic heterocycles. The highest BCUT2D eigenvalue weighted by Crippen LogP contribution is 2.35. The van der Waals surface area contributed by atoms with E-state index >= 15 is 0 Å². The molecule has 0 radical (unpaired) electrons. The van der Waals surface area contributed by atoms with E-state index in [0.29, 0.717) is 12.1 Å². The molecule has 1 heterocycles. The number of aromatic nitrogens is 1. The first-order chi connectivity index (χ1) is 12.6. The van der Waals surface area contributed by atoms with E-state index in [1.54, 1.807) is 24.3 Å². The normalized spacial score (nSPS) is 13.5. The number of aryl methyl sites for hydroxylation is 1. The Kier molecular flexibility index (Phi) is 3.99. The van der Waals surface area contributed by atoms with Gasteiger partial charge in [-0.2, -0.15) is 0 Å². The summed E-state index contributed by atoms with van der Waals surface area (Å²) in [4.78, 5) is 23.3. The van der Waals surface area contributed by atoms with Crippen LogP contribution >= 0.6 is 0 Å². The monoisotopic (exact) mass is 349 g/mol. The van der Waals surface area contributed by atoms with Gasteiger partial charge in [-0.05, 0) is 55.0 Å². The van der Waals surface area contributed by atoms with Gasteiger partial charge in [0, 0.05) is 23.1 Å². The van der Waals surface area contributed by atoms with Crippen molar-refractivity contribution in [3.05, 3.63) is 70.4 Å². The van der Waals surface area contributed by atoms with Crippen LogP contribution in [0.3, 0.4) is 0 Å². The van der Waals surface area contributed by atoms with Gasteiger partial charge in [0.1, 0.15) is 0 Å². The van der Waals surface area contributed by atoms with Crippen molar-refractivity contribution in [2.45, 2.75) is 32.2 Å². The quantitative estimate of drug-likeness (QED) is 0.747. The molecular formula is C21H19NO4. The third kappa shape index (κ3) is 2.56. The zero-order valence-electron chi connectivity index (χ0n) is 14.2. The van der Waals surface area contributed by atoms with Crippen molar-refractivity contribution in [3.63, 3.8) is 0 Å². The standard InChI is InChI=1S/C21H19NO4/c23-20(24)14-7-2-1-6-13(14)12-22-17-10-4-3-8-15(17)19-16(21(25)26)9-5-11-18(19)22/h1-2,5-7,9,11H,3-4,8,10,12H2,(H,23,24)(H,25,26). The van der Waals surface area contributed by atoms with E-state index in [0.717, 1.165) is 53.4 Å². The molecule has 0 bridgehead atoms. The Morgan fingerprint density at radius 3 is 2.35 bits per heavy atom. The summed E-state index contributed by atoms with van der Waals surface area (Å²) >= 11 is 0. The van der Waals surface area contributed by atoms with E-state index < -0.39 is 11.9 Å². The van der Waals surface area contributed by atoms with Crippen LogP contribution in [0, 0.1) is 0 Å². The number of carbonyl (C=O) groups is 2. The summed E-state index contributed by atoms with van der Waals surface area (Å²) in [7, 11) is 0. The second-order valence-corrected chi connectivity index (χ2v) is 6.69. The Hall–Kier alpha value is -3.08. The van der Waals surface area contributed by atoms with E-state index in [9.17, 15) is 19.8 Å². The fourth-order valence-corrected chi connectivity index (χ4v) is 4.08. The lowest BCUT2D eigenvalue weighted by atomic mass is 9.93. The number of nitrogens with zero attached hydrogens (tertiary/aromatic N) is 1. The molecule has 1 aliphatic rings. The van der Waals surface area contributed by atoms with Crippen LogP contribution in [0.25, 0.3) is 10.9 Å². The molecule has 0 atom stereocenters. The first-order valence-corrected chi connectivity index (χ1v) is 8.75. The van der Waals surface area contributed by atoms with Crippen LogP contribution in [0.1, 0.15) is 50.4 Å².